The molecule has 0 fully saturated rings. The van der Waals surface area contributed by atoms with E-state index in [0.717, 1.165) is 5.56 Å². The number of carbonyl (C=O) groups excluding carboxylic acids is 1. The second kappa shape index (κ2) is 8.20. The summed E-state index contributed by atoms with van der Waals surface area (Å²) in [7, 11) is -1.03. The van der Waals surface area contributed by atoms with Crippen molar-refractivity contribution in [2.24, 2.45) is 0 Å². The average molecular weight is 378 g/mol. The van der Waals surface area contributed by atoms with Crippen LogP contribution in [-0.4, -0.2) is 34.6 Å². The number of methoxy groups -OCH3 is 2. The Kier molecular flexibility index (Phi) is 6.23. The van der Waals surface area contributed by atoms with Crippen LogP contribution in [-0.2, 0) is 14.8 Å². The predicted octanol–water partition coefficient (Wildman–Crippen LogP) is 2.32. The van der Waals surface area contributed by atoms with Crippen LogP contribution in [0, 0.1) is 6.92 Å². The van der Waals surface area contributed by atoms with E-state index in [1.165, 1.54) is 39.3 Å². The van der Waals surface area contributed by atoms with E-state index in [0.29, 0.717) is 11.4 Å². The first kappa shape index (κ1) is 19.7. The lowest BCUT2D eigenvalue weighted by atomic mass is 10.2. The molecule has 7 nitrogen and oxygen atoms in total. The summed E-state index contributed by atoms with van der Waals surface area (Å²) in [6.07, 6.45) is 0. The zero-order valence-corrected chi connectivity index (χ0v) is 15.9. The predicted molar refractivity (Wildman–Crippen MR) is 99.1 cm³/mol. The van der Waals surface area contributed by atoms with Crippen LogP contribution < -0.4 is 19.5 Å². The molecule has 2 aromatic carbocycles. The van der Waals surface area contributed by atoms with Crippen LogP contribution in [0.5, 0.6) is 11.5 Å². The molecule has 0 aliphatic heterocycles. The summed E-state index contributed by atoms with van der Waals surface area (Å²) in [4.78, 5) is 12.2. The van der Waals surface area contributed by atoms with Gasteiger partial charge in [-0.1, -0.05) is 17.7 Å². The Morgan fingerprint density at radius 1 is 1.00 bits per heavy atom. The zero-order chi connectivity index (χ0) is 19.3. The van der Waals surface area contributed by atoms with Crippen LogP contribution in [0.3, 0.4) is 0 Å². The van der Waals surface area contributed by atoms with Gasteiger partial charge in [-0.05, 0) is 38.1 Å². The van der Waals surface area contributed by atoms with E-state index >= 15 is 0 Å². The second-order valence-corrected chi connectivity index (χ2v) is 7.43. The SMILES string of the molecule is COc1ccc(S(=O)(=O)N[C@@H](C)C(=O)Nc2ccc(C)cc2)cc1OC. The molecule has 2 N–H and O–H groups in total. The lowest BCUT2D eigenvalue weighted by Crippen LogP contribution is -2.41. The number of amides is 1. The maximum Gasteiger partial charge on any atom is 0.242 e. The first-order valence-corrected chi connectivity index (χ1v) is 9.37. The molecule has 0 saturated carbocycles. The van der Waals surface area contributed by atoms with Crippen molar-refractivity contribution in [3.63, 3.8) is 0 Å². The van der Waals surface area contributed by atoms with Gasteiger partial charge >= 0.3 is 0 Å². The first-order valence-electron chi connectivity index (χ1n) is 7.88. The fraction of sp³-hybridized carbons (Fsp3) is 0.278. The van der Waals surface area contributed by atoms with Crippen molar-refractivity contribution in [3.8, 4) is 11.5 Å². The largest absolute Gasteiger partial charge is 0.493 e. The molecule has 8 heteroatoms. The number of ether oxygens (including phenoxy) is 2. The summed E-state index contributed by atoms with van der Waals surface area (Å²) < 4.78 is 37.6. The van der Waals surface area contributed by atoms with E-state index in [2.05, 4.69) is 10.0 Å². The highest BCUT2D eigenvalue weighted by molar-refractivity contribution is 7.89. The smallest absolute Gasteiger partial charge is 0.242 e. The van der Waals surface area contributed by atoms with Crippen molar-refractivity contribution < 1.29 is 22.7 Å². The molecule has 0 aromatic heterocycles. The minimum atomic E-state index is -3.91. The summed E-state index contributed by atoms with van der Waals surface area (Å²) in [6.45, 7) is 3.41. The maximum absolute atomic E-state index is 12.5. The normalized spacial score (nSPS) is 12.3. The van der Waals surface area contributed by atoms with Crippen LogP contribution in [0.25, 0.3) is 0 Å². The number of hydrogen-bond donors (Lipinski definition) is 2. The molecule has 0 radical (unpaired) electrons. The highest BCUT2D eigenvalue weighted by Gasteiger charge is 2.23. The van der Waals surface area contributed by atoms with Gasteiger partial charge in [0.15, 0.2) is 11.5 Å². The molecule has 0 spiro atoms. The summed E-state index contributed by atoms with van der Waals surface area (Å²) in [5, 5.41) is 2.67. The molecule has 0 bridgehead atoms. The monoisotopic (exact) mass is 378 g/mol. The number of nitrogens with one attached hydrogen (secondary N) is 2. The fourth-order valence-corrected chi connectivity index (χ4v) is 3.44. The highest BCUT2D eigenvalue weighted by Crippen LogP contribution is 2.29. The Morgan fingerprint density at radius 2 is 1.62 bits per heavy atom. The van der Waals surface area contributed by atoms with E-state index in [4.69, 9.17) is 9.47 Å². The van der Waals surface area contributed by atoms with Crippen molar-refractivity contribution in [2.45, 2.75) is 24.8 Å². The first-order chi connectivity index (χ1) is 12.3. The molecule has 1 atom stereocenters. The van der Waals surface area contributed by atoms with Crippen molar-refractivity contribution in [3.05, 3.63) is 48.0 Å². The Balaban J connectivity index is 2.12. The van der Waals surface area contributed by atoms with Gasteiger partial charge in [-0.3, -0.25) is 4.79 Å². The molecule has 0 heterocycles. The lowest BCUT2D eigenvalue weighted by molar-refractivity contribution is -0.117. The van der Waals surface area contributed by atoms with E-state index in [1.807, 2.05) is 19.1 Å². The van der Waals surface area contributed by atoms with Gasteiger partial charge in [0.25, 0.3) is 0 Å². The van der Waals surface area contributed by atoms with Gasteiger partial charge < -0.3 is 14.8 Å². The standard InChI is InChI=1S/C18H22N2O5S/c1-12-5-7-14(8-6-12)19-18(21)13(2)20-26(22,23)15-9-10-16(24-3)17(11-15)25-4/h5-11,13,20H,1-4H3,(H,19,21)/t13-/m0/s1. The van der Waals surface area contributed by atoms with E-state index in [-0.39, 0.29) is 10.6 Å². The Hall–Kier alpha value is -2.58. The number of sulfonamides is 1. The lowest BCUT2D eigenvalue weighted by Gasteiger charge is -2.15. The molecule has 140 valence electrons. The van der Waals surface area contributed by atoms with Crippen LogP contribution >= 0.6 is 0 Å². The molecule has 0 saturated heterocycles. The summed E-state index contributed by atoms with van der Waals surface area (Å²) in [5.74, 6) is 0.238. The van der Waals surface area contributed by atoms with Gasteiger partial charge in [0.1, 0.15) is 0 Å². The second-order valence-electron chi connectivity index (χ2n) is 5.72. The molecule has 1 amide bonds. The van der Waals surface area contributed by atoms with Crippen molar-refractivity contribution in [1.29, 1.82) is 0 Å². The molecular formula is C18H22N2O5S. The van der Waals surface area contributed by atoms with Crippen LogP contribution in [0.4, 0.5) is 5.69 Å². The molecule has 26 heavy (non-hydrogen) atoms. The number of rotatable bonds is 7. The van der Waals surface area contributed by atoms with Gasteiger partial charge in [-0.25, -0.2) is 8.42 Å². The third-order valence-corrected chi connectivity index (χ3v) is 5.25. The van der Waals surface area contributed by atoms with Crippen LogP contribution in [0.15, 0.2) is 47.4 Å². The van der Waals surface area contributed by atoms with Crippen LogP contribution in [0.2, 0.25) is 0 Å². The van der Waals surface area contributed by atoms with E-state index in [1.54, 1.807) is 12.1 Å². The number of carbonyl (C=O) groups is 1. The summed E-state index contributed by atoms with van der Waals surface area (Å²) in [5.41, 5.74) is 1.66. The molecule has 0 unspecified atom stereocenters. The van der Waals surface area contributed by atoms with Gasteiger partial charge in [0.2, 0.25) is 15.9 Å². The molecule has 0 aliphatic rings. The number of hydrogen-bond acceptors (Lipinski definition) is 5. The third-order valence-electron chi connectivity index (χ3n) is 3.71. The van der Waals surface area contributed by atoms with Crippen LogP contribution in [0.1, 0.15) is 12.5 Å². The fourth-order valence-electron chi connectivity index (χ4n) is 2.23. The number of anilines is 1. The summed E-state index contributed by atoms with van der Waals surface area (Å²) >= 11 is 0. The van der Waals surface area contributed by atoms with Crippen molar-refractivity contribution >= 4 is 21.6 Å². The van der Waals surface area contributed by atoms with Gasteiger partial charge in [-0.15, -0.1) is 0 Å². The number of benzene rings is 2. The number of aryl methyl sites for hydroxylation is 1. The zero-order valence-electron chi connectivity index (χ0n) is 15.1. The topological polar surface area (TPSA) is 93.7 Å². The Labute approximate surface area is 153 Å². The van der Waals surface area contributed by atoms with E-state index in [9.17, 15) is 13.2 Å². The molecular weight excluding hydrogens is 356 g/mol. The Bertz CT molecular complexity index is 879. The van der Waals surface area contributed by atoms with Crippen molar-refractivity contribution in [2.75, 3.05) is 19.5 Å². The molecule has 2 rings (SSSR count). The minimum Gasteiger partial charge on any atom is -0.493 e. The third kappa shape index (κ3) is 4.74. The van der Waals surface area contributed by atoms with Crippen molar-refractivity contribution in [1.82, 2.24) is 4.72 Å². The molecule has 2 aromatic rings. The average Bonchev–Trinajstić information content (AvgIpc) is 2.62. The highest BCUT2D eigenvalue weighted by atomic mass is 32.2. The summed E-state index contributed by atoms with van der Waals surface area (Å²) in [6, 6.07) is 10.5. The van der Waals surface area contributed by atoms with Gasteiger partial charge in [0.05, 0.1) is 25.2 Å². The minimum absolute atomic E-state index is 0.0230. The van der Waals surface area contributed by atoms with Gasteiger partial charge in [-0.2, -0.15) is 4.72 Å². The Morgan fingerprint density at radius 3 is 2.19 bits per heavy atom. The van der Waals surface area contributed by atoms with E-state index < -0.39 is 22.0 Å². The maximum atomic E-state index is 12.5. The quantitative estimate of drug-likeness (QED) is 0.771. The van der Waals surface area contributed by atoms with Gasteiger partial charge in [0, 0.05) is 11.8 Å². The molecule has 0 aliphatic carbocycles.